The molecule has 2 N–H and O–H groups in total. The first-order valence-electron chi connectivity index (χ1n) is 8.57. The van der Waals surface area contributed by atoms with E-state index in [2.05, 4.69) is 10.6 Å². The van der Waals surface area contributed by atoms with E-state index in [-0.39, 0.29) is 41.5 Å². The molecule has 0 aromatic heterocycles. The smallest absolute Gasteiger partial charge is 0.217 e. The fourth-order valence-electron chi connectivity index (χ4n) is 4.13. The molecule has 0 spiro atoms. The third-order valence-electron chi connectivity index (χ3n) is 5.17. The number of hydrogen-bond donors (Lipinski definition) is 2. The number of carbonyl (C=O) groups is 2. The first-order chi connectivity index (χ1) is 10.0. The van der Waals surface area contributed by atoms with E-state index in [4.69, 9.17) is 0 Å². The minimum absolute atomic E-state index is 0. The summed E-state index contributed by atoms with van der Waals surface area (Å²) in [5.74, 6) is 1.90. The fourth-order valence-corrected chi connectivity index (χ4v) is 4.13. The summed E-state index contributed by atoms with van der Waals surface area (Å²) < 4.78 is 0. The van der Waals surface area contributed by atoms with Gasteiger partial charge >= 0.3 is 0 Å². The first kappa shape index (κ1) is 28.7. The molecule has 0 aliphatic heterocycles. The lowest BCUT2D eigenvalue weighted by Crippen LogP contribution is -2.37. The second-order valence-electron chi connectivity index (χ2n) is 7.07. The molecule has 0 aromatic rings. The van der Waals surface area contributed by atoms with Crippen molar-refractivity contribution in [2.45, 2.75) is 113 Å². The van der Waals surface area contributed by atoms with Crippen molar-refractivity contribution in [3.05, 3.63) is 0 Å². The van der Waals surface area contributed by atoms with E-state index in [1.165, 1.54) is 32.1 Å². The lowest BCUT2D eigenvalue weighted by molar-refractivity contribution is -0.120. The Labute approximate surface area is 157 Å². The summed E-state index contributed by atoms with van der Waals surface area (Å²) in [7, 11) is 0. The molecular weight excluding hydrogens is 312 g/mol. The number of hydrogen-bond acceptors (Lipinski definition) is 2. The van der Waals surface area contributed by atoms with Gasteiger partial charge in [0.2, 0.25) is 11.8 Å². The van der Waals surface area contributed by atoms with Gasteiger partial charge in [0.15, 0.2) is 0 Å². The quantitative estimate of drug-likeness (QED) is 0.715. The van der Waals surface area contributed by atoms with Gasteiger partial charge in [-0.3, -0.25) is 9.59 Å². The predicted molar refractivity (Wildman–Crippen MR) is 111 cm³/mol. The minimum Gasteiger partial charge on any atom is -0.354 e. The molecule has 2 aliphatic rings. The van der Waals surface area contributed by atoms with Crippen molar-refractivity contribution in [2.75, 3.05) is 0 Å². The molecule has 0 radical (unpaired) electrons. The highest BCUT2D eigenvalue weighted by atomic mass is 16.2. The summed E-state index contributed by atoms with van der Waals surface area (Å²) in [6, 6.07) is 0.823. The minimum atomic E-state index is 0. The molecule has 152 valence electrons. The van der Waals surface area contributed by atoms with Crippen LogP contribution in [0.3, 0.4) is 0 Å². The molecule has 4 nitrogen and oxygen atoms in total. The van der Waals surface area contributed by atoms with E-state index < -0.39 is 0 Å². The van der Waals surface area contributed by atoms with Gasteiger partial charge in [-0.05, 0) is 69.6 Å². The molecule has 0 unspecified atom stereocenters. The maximum atomic E-state index is 11.1. The molecular formula is C21H46N2O2. The SMILES string of the molecule is C.C.C.C.CC(=O)NC1CCC(CC2CCC(NC(C)=O)CC2)CC1. The Morgan fingerprint density at radius 2 is 0.920 bits per heavy atom. The highest BCUT2D eigenvalue weighted by molar-refractivity contribution is 5.73. The second-order valence-corrected chi connectivity index (χ2v) is 7.07. The van der Waals surface area contributed by atoms with Crippen molar-refractivity contribution in [1.29, 1.82) is 0 Å². The van der Waals surface area contributed by atoms with Gasteiger partial charge in [-0.25, -0.2) is 0 Å². The number of nitrogens with one attached hydrogen (secondary N) is 2. The van der Waals surface area contributed by atoms with Crippen LogP contribution < -0.4 is 10.6 Å². The monoisotopic (exact) mass is 358 g/mol. The third-order valence-corrected chi connectivity index (χ3v) is 5.17. The molecule has 4 heteroatoms. The summed E-state index contributed by atoms with van der Waals surface area (Å²) >= 11 is 0. The zero-order valence-electron chi connectivity index (χ0n) is 13.5. The summed E-state index contributed by atoms with van der Waals surface area (Å²) in [5, 5.41) is 6.10. The van der Waals surface area contributed by atoms with Gasteiger partial charge in [-0.2, -0.15) is 0 Å². The Hall–Kier alpha value is -1.06. The number of amides is 2. The zero-order valence-corrected chi connectivity index (χ0v) is 13.5. The van der Waals surface area contributed by atoms with E-state index >= 15 is 0 Å². The van der Waals surface area contributed by atoms with Crippen LogP contribution in [-0.2, 0) is 9.59 Å². The normalized spacial score (nSPS) is 27.9. The van der Waals surface area contributed by atoms with Crippen LogP contribution in [0.25, 0.3) is 0 Å². The van der Waals surface area contributed by atoms with Gasteiger partial charge in [-0.1, -0.05) is 29.7 Å². The van der Waals surface area contributed by atoms with E-state index in [0.717, 1.165) is 37.5 Å². The fraction of sp³-hybridized carbons (Fsp3) is 0.905. The van der Waals surface area contributed by atoms with Crippen molar-refractivity contribution < 1.29 is 9.59 Å². The molecule has 25 heavy (non-hydrogen) atoms. The average molecular weight is 359 g/mol. The van der Waals surface area contributed by atoms with Gasteiger partial charge in [-0.15, -0.1) is 0 Å². The molecule has 0 aromatic carbocycles. The number of rotatable bonds is 4. The third kappa shape index (κ3) is 10.5. The Bertz CT molecular complexity index is 321. The summed E-state index contributed by atoms with van der Waals surface area (Å²) in [5.41, 5.74) is 0. The molecule has 2 aliphatic carbocycles. The van der Waals surface area contributed by atoms with Crippen LogP contribution in [-0.4, -0.2) is 23.9 Å². The van der Waals surface area contributed by atoms with Gasteiger partial charge < -0.3 is 10.6 Å². The molecule has 0 heterocycles. The molecule has 0 bridgehead atoms. The zero-order chi connectivity index (χ0) is 15.2. The summed E-state index contributed by atoms with van der Waals surface area (Å²) in [4.78, 5) is 22.2. The Balaban J connectivity index is -0.00000121. The highest BCUT2D eigenvalue weighted by Crippen LogP contribution is 2.35. The van der Waals surface area contributed by atoms with Gasteiger partial charge in [0.1, 0.15) is 0 Å². The van der Waals surface area contributed by atoms with Gasteiger partial charge in [0, 0.05) is 25.9 Å². The van der Waals surface area contributed by atoms with Crippen LogP contribution in [0.1, 0.15) is 101 Å². The van der Waals surface area contributed by atoms with Crippen LogP contribution in [0.2, 0.25) is 0 Å². The van der Waals surface area contributed by atoms with E-state index in [1.807, 2.05) is 0 Å². The lowest BCUT2D eigenvalue weighted by atomic mass is 9.75. The van der Waals surface area contributed by atoms with Crippen LogP contribution in [0.5, 0.6) is 0 Å². The van der Waals surface area contributed by atoms with Gasteiger partial charge in [0.25, 0.3) is 0 Å². The van der Waals surface area contributed by atoms with Crippen LogP contribution in [0.15, 0.2) is 0 Å². The van der Waals surface area contributed by atoms with Crippen molar-refractivity contribution in [2.24, 2.45) is 11.8 Å². The molecule has 2 amide bonds. The van der Waals surface area contributed by atoms with E-state index in [9.17, 15) is 9.59 Å². The molecule has 2 rings (SSSR count). The maximum absolute atomic E-state index is 11.1. The van der Waals surface area contributed by atoms with Gasteiger partial charge in [0.05, 0.1) is 0 Å². The van der Waals surface area contributed by atoms with Crippen molar-refractivity contribution in [3.8, 4) is 0 Å². The summed E-state index contributed by atoms with van der Waals surface area (Å²) in [6.07, 6.45) is 11.0. The maximum Gasteiger partial charge on any atom is 0.217 e. The summed E-state index contributed by atoms with van der Waals surface area (Å²) in [6.45, 7) is 3.22. The molecule has 2 saturated carbocycles. The van der Waals surface area contributed by atoms with Crippen molar-refractivity contribution in [3.63, 3.8) is 0 Å². The molecule has 0 saturated heterocycles. The van der Waals surface area contributed by atoms with Crippen LogP contribution in [0, 0.1) is 11.8 Å². The Kier molecular flexibility index (Phi) is 16.3. The Morgan fingerprint density at radius 3 is 1.16 bits per heavy atom. The number of carbonyl (C=O) groups excluding carboxylic acids is 2. The molecule has 0 atom stereocenters. The highest BCUT2D eigenvalue weighted by Gasteiger charge is 2.27. The lowest BCUT2D eigenvalue weighted by Gasteiger charge is -2.34. The van der Waals surface area contributed by atoms with E-state index in [0.29, 0.717) is 12.1 Å². The Morgan fingerprint density at radius 1 is 0.640 bits per heavy atom. The second kappa shape index (κ2) is 14.1. The predicted octanol–water partition coefficient (Wildman–Crippen LogP) is 5.31. The standard InChI is InChI=1S/C17H30N2O2.4CH4/c1-12(20)18-16-7-3-14(4-8-16)11-15-5-9-17(10-6-15)19-13(2)21;;;;/h14-17H,3-11H2,1-2H3,(H,18,20)(H,19,21);4*1H4. The van der Waals surface area contributed by atoms with Crippen molar-refractivity contribution >= 4 is 11.8 Å². The van der Waals surface area contributed by atoms with E-state index in [1.54, 1.807) is 13.8 Å². The average Bonchev–Trinajstić information content (AvgIpc) is 2.42. The van der Waals surface area contributed by atoms with Crippen LogP contribution >= 0.6 is 0 Å². The largest absolute Gasteiger partial charge is 0.354 e. The first-order valence-corrected chi connectivity index (χ1v) is 8.57. The molecule has 2 fully saturated rings. The topological polar surface area (TPSA) is 58.2 Å². The van der Waals surface area contributed by atoms with Crippen LogP contribution in [0.4, 0.5) is 0 Å². The van der Waals surface area contributed by atoms with Crippen molar-refractivity contribution in [1.82, 2.24) is 10.6 Å².